The van der Waals surface area contributed by atoms with Crippen LogP contribution in [-0.2, 0) is 0 Å². The van der Waals surface area contributed by atoms with Crippen molar-refractivity contribution in [1.82, 2.24) is 9.29 Å². The Hall–Kier alpha value is -2.64. The van der Waals surface area contributed by atoms with Crippen molar-refractivity contribution in [2.45, 2.75) is 18.9 Å². The SMILES string of the molecule is COc1ccc(NC(=O)N(S)C2CCN(c3ccnc4ccc(Cl)cc34)CC2)cc1. The van der Waals surface area contributed by atoms with Gasteiger partial charge in [-0.2, -0.15) is 0 Å². The number of nitrogens with one attached hydrogen (secondary N) is 1. The first-order valence-electron chi connectivity index (χ1n) is 9.77. The summed E-state index contributed by atoms with van der Waals surface area (Å²) in [7, 11) is 1.61. The molecule has 0 atom stereocenters. The molecular formula is C22H23ClN4O2S. The molecule has 1 aromatic heterocycles. The molecule has 0 radical (unpaired) electrons. The Labute approximate surface area is 186 Å². The molecule has 30 heavy (non-hydrogen) atoms. The van der Waals surface area contributed by atoms with E-state index in [0.717, 1.165) is 48.3 Å². The minimum atomic E-state index is -0.233. The number of fused-ring (bicyclic) bond motifs is 1. The highest BCUT2D eigenvalue weighted by atomic mass is 35.5. The molecule has 8 heteroatoms. The largest absolute Gasteiger partial charge is 0.497 e. The maximum Gasteiger partial charge on any atom is 0.331 e. The number of nitrogens with zero attached hydrogens (tertiary/aromatic N) is 3. The smallest absolute Gasteiger partial charge is 0.331 e. The van der Waals surface area contributed by atoms with Crippen molar-refractivity contribution < 1.29 is 9.53 Å². The van der Waals surface area contributed by atoms with Gasteiger partial charge in [-0.05, 0) is 61.4 Å². The third-order valence-corrected chi connectivity index (χ3v) is 6.12. The summed E-state index contributed by atoms with van der Waals surface area (Å²) in [5, 5.41) is 4.62. The van der Waals surface area contributed by atoms with E-state index in [9.17, 15) is 4.79 Å². The predicted octanol–water partition coefficient (Wildman–Crippen LogP) is 5.24. The Bertz CT molecular complexity index is 1040. The van der Waals surface area contributed by atoms with Gasteiger partial charge in [-0.1, -0.05) is 24.4 Å². The van der Waals surface area contributed by atoms with Gasteiger partial charge in [-0.25, -0.2) is 4.79 Å². The molecule has 0 aliphatic carbocycles. The van der Waals surface area contributed by atoms with E-state index in [-0.39, 0.29) is 12.1 Å². The second kappa shape index (κ2) is 9.02. The molecular weight excluding hydrogens is 420 g/mol. The summed E-state index contributed by atoms with van der Waals surface area (Å²) in [5.74, 6) is 0.744. The van der Waals surface area contributed by atoms with Gasteiger partial charge in [-0.3, -0.25) is 9.29 Å². The van der Waals surface area contributed by atoms with E-state index in [1.54, 1.807) is 19.2 Å². The van der Waals surface area contributed by atoms with E-state index >= 15 is 0 Å². The number of methoxy groups -OCH3 is 1. The number of pyridine rings is 1. The number of aromatic nitrogens is 1. The average Bonchev–Trinajstić information content (AvgIpc) is 2.78. The highest BCUT2D eigenvalue weighted by molar-refractivity contribution is 7.78. The third kappa shape index (κ3) is 4.42. The van der Waals surface area contributed by atoms with Gasteiger partial charge >= 0.3 is 6.03 Å². The lowest BCUT2D eigenvalue weighted by Gasteiger charge is -2.37. The lowest BCUT2D eigenvalue weighted by molar-refractivity contribution is 0.223. The van der Waals surface area contributed by atoms with E-state index < -0.39 is 0 Å². The van der Waals surface area contributed by atoms with Crippen LogP contribution in [0.4, 0.5) is 16.2 Å². The quantitative estimate of drug-likeness (QED) is 0.542. The molecule has 6 nitrogen and oxygen atoms in total. The number of anilines is 2. The van der Waals surface area contributed by atoms with Crippen molar-refractivity contribution in [1.29, 1.82) is 0 Å². The normalized spacial score (nSPS) is 14.6. The monoisotopic (exact) mass is 442 g/mol. The van der Waals surface area contributed by atoms with Crippen molar-refractivity contribution in [2.24, 2.45) is 0 Å². The number of hydrogen-bond acceptors (Lipinski definition) is 5. The zero-order valence-corrected chi connectivity index (χ0v) is 18.2. The predicted molar refractivity (Wildman–Crippen MR) is 125 cm³/mol. The van der Waals surface area contributed by atoms with E-state index in [1.807, 2.05) is 42.6 Å². The number of hydrogen-bond donors (Lipinski definition) is 2. The van der Waals surface area contributed by atoms with Gasteiger partial charge in [-0.15, -0.1) is 0 Å². The van der Waals surface area contributed by atoms with Crippen molar-refractivity contribution >= 4 is 52.7 Å². The standard InChI is InChI=1S/C22H23ClN4O2S/c1-29-18-5-3-16(4-6-18)25-22(28)27(30)17-9-12-26(13-10-17)21-8-11-24-20-7-2-15(23)14-19(20)21/h2-8,11,14,17,30H,9-10,12-13H2,1H3,(H,25,28). The molecule has 1 fully saturated rings. The van der Waals surface area contributed by atoms with Gasteiger partial charge in [0.2, 0.25) is 0 Å². The maximum absolute atomic E-state index is 12.6. The molecule has 2 heterocycles. The van der Waals surface area contributed by atoms with Crippen LogP contribution >= 0.6 is 24.4 Å². The van der Waals surface area contributed by atoms with Crippen LogP contribution in [0.3, 0.4) is 0 Å². The Balaban J connectivity index is 1.39. The third-order valence-electron chi connectivity index (χ3n) is 5.38. The molecule has 3 aromatic rings. The van der Waals surface area contributed by atoms with E-state index in [0.29, 0.717) is 10.7 Å². The molecule has 1 aliphatic rings. The van der Waals surface area contributed by atoms with Crippen molar-refractivity contribution in [3.63, 3.8) is 0 Å². The number of benzene rings is 2. The summed E-state index contributed by atoms with van der Waals surface area (Å²) in [6.07, 6.45) is 3.47. The first-order chi connectivity index (χ1) is 14.5. The molecule has 0 bridgehead atoms. The van der Waals surface area contributed by atoms with Crippen LogP contribution in [0.25, 0.3) is 10.9 Å². The summed E-state index contributed by atoms with van der Waals surface area (Å²) in [6, 6.07) is 14.8. The van der Waals surface area contributed by atoms with Crippen LogP contribution in [0.5, 0.6) is 5.75 Å². The number of carbonyl (C=O) groups excluding carboxylic acids is 1. The van der Waals surface area contributed by atoms with Gasteiger partial charge in [0.15, 0.2) is 0 Å². The molecule has 156 valence electrons. The Morgan fingerprint density at radius 1 is 1.20 bits per heavy atom. The summed E-state index contributed by atoms with van der Waals surface area (Å²) in [4.78, 5) is 19.3. The fourth-order valence-corrected chi connectivity index (χ4v) is 4.21. The summed E-state index contributed by atoms with van der Waals surface area (Å²) < 4.78 is 6.65. The van der Waals surface area contributed by atoms with Crippen LogP contribution < -0.4 is 15.0 Å². The van der Waals surface area contributed by atoms with Crippen molar-refractivity contribution in [3.8, 4) is 5.75 Å². The lowest BCUT2D eigenvalue weighted by atomic mass is 10.0. The molecule has 2 amide bonds. The van der Waals surface area contributed by atoms with Crippen molar-refractivity contribution in [3.05, 3.63) is 59.8 Å². The zero-order valence-electron chi connectivity index (χ0n) is 16.6. The van der Waals surface area contributed by atoms with E-state index in [2.05, 4.69) is 28.0 Å². The lowest BCUT2D eigenvalue weighted by Crippen LogP contribution is -2.44. The maximum atomic E-state index is 12.6. The summed E-state index contributed by atoms with van der Waals surface area (Å²) in [6.45, 7) is 1.65. The van der Waals surface area contributed by atoms with Gasteiger partial charge in [0, 0.05) is 47.1 Å². The average molecular weight is 443 g/mol. The molecule has 0 unspecified atom stereocenters. The number of rotatable bonds is 4. The van der Waals surface area contributed by atoms with Crippen molar-refractivity contribution in [2.75, 3.05) is 30.4 Å². The van der Waals surface area contributed by atoms with Crippen LogP contribution in [0.1, 0.15) is 12.8 Å². The van der Waals surface area contributed by atoms with Gasteiger partial charge in [0.25, 0.3) is 0 Å². The zero-order chi connectivity index (χ0) is 21.1. The van der Waals surface area contributed by atoms with E-state index in [4.69, 9.17) is 16.3 Å². The second-order valence-corrected chi connectivity index (χ2v) is 8.08. The summed E-state index contributed by atoms with van der Waals surface area (Å²) in [5.41, 5.74) is 2.75. The van der Waals surface area contributed by atoms with Gasteiger partial charge < -0.3 is 15.0 Å². The fraction of sp³-hybridized carbons (Fsp3) is 0.273. The molecule has 2 aromatic carbocycles. The molecule has 0 spiro atoms. The van der Waals surface area contributed by atoms with Crippen LogP contribution in [0.15, 0.2) is 54.7 Å². The van der Waals surface area contributed by atoms with Crippen LogP contribution in [0, 0.1) is 0 Å². The molecule has 1 saturated heterocycles. The molecule has 1 aliphatic heterocycles. The Kier molecular flexibility index (Phi) is 6.20. The molecule has 4 rings (SSSR count). The minimum absolute atomic E-state index is 0.0551. The number of ether oxygens (including phenoxy) is 1. The minimum Gasteiger partial charge on any atom is -0.497 e. The first-order valence-corrected chi connectivity index (χ1v) is 10.6. The fourth-order valence-electron chi connectivity index (χ4n) is 3.75. The molecule has 1 N–H and O–H groups in total. The number of piperidine rings is 1. The van der Waals surface area contributed by atoms with Gasteiger partial charge in [0.1, 0.15) is 5.75 Å². The Morgan fingerprint density at radius 2 is 1.93 bits per heavy atom. The van der Waals surface area contributed by atoms with Crippen LogP contribution in [0.2, 0.25) is 5.02 Å². The van der Waals surface area contributed by atoms with E-state index in [1.165, 1.54) is 4.31 Å². The number of urea groups is 1. The molecule has 0 saturated carbocycles. The number of thiol groups is 1. The Morgan fingerprint density at radius 3 is 2.63 bits per heavy atom. The number of halogens is 1. The number of amides is 2. The first kappa shape index (κ1) is 20.6. The highest BCUT2D eigenvalue weighted by Crippen LogP contribution is 2.31. The topological polar surface area (TPSA) is 57.7 Å². The summed E-state index contributed by atoms with van der Waals surface area (Å²) >= 11 is 10.7. The highest BCUT2D eigenvalue weighted by Gasteiger charge is 2.27. The second-order valence-electron chi connectivity index (χ2n) is 7.21. The van der Waals surface area contributed by atoms with Gasteiger partial charge in [0.05, 0.1) is 12.6 Å². The van der Waals surface area contributed by atoms with Crippen LogP contribution in [-0.4, -0.2) is 41.6 Å². The number of carbonyl (C=O) groups is 1.